The summed E-state index contributed by atoms with van der Waals surface area (Å²) in [5, 5.41) is 10.2. The number of para-hydroxylation sites is 2. The van der Waals surface area contributed by atoms with Gasteiger partial charge in [-0.05, 0) is 46.7 Å². The maximum Gasteiger partial charge on any atom is 0.170 e. The fraction of sp³-hybridized carbons (Fsp3) is 0.0233. The monoisotopic (exact) mass is 617 g/mol. The Morgan fingerprint density at radius 1 is 0.458 bits per heavy atom. The van der Waals surface area contributed by atoms with Crippen molar-refractivity contribution in [3.05, 3.63) is 168 Å². The van der Waals surface area contributed by atoms with Gasteiger partial charge in [0.15, 0.2) is 6.17 Å². The second-order valence-electron chi connectivity index (χ2n) is 12.2. The molecule has 5 nitrogen and oxygen atoms in total. The maximum absolute atomic E-state index is 6.55. The van der Waals surface area contributed by atoms with Crippen LogP contribution >= 0.6 is 0 Å². The van der Waals surface area contributed by atoms with Gasteiger partial charge in [0.05, 0.1) is 0 Å². The molecule has 9 aromatic rings. The van der Waals surface area contributed by atoms with Crippen molar-refractivity contribution in [1.29, 1.82) is 0 Å². The van der Waals surface area contributed by atoms with E-state index < -0.39 is 6.17 Å². The van der Waals surface area contributed by atoms with Crippen LogP contribution < -0.4 is 5.32 Å². The number of amidine groups is 2. The Labute approximate surface area is 275 Å². The molecule has 226 valence electrons. The summed E-state index contributed by atoms with van der Waals surface area (Å²) < 4.78 is 12.9. The van der Waals surface area contributed by atoms with E-state index in [0.717, 1.165) is 88.8 Å². The molecule has 3 heterocycles. The Hall–Kier alpha value is -6.46. The van der Waals surface area contributed by atoms with Gasteiger partial charge in [-0.15, -0.1) is 0 Å². The van der Waals surface area contributed by atoms with Crippen molar-refractivity contribution < 1.29 is 8.83 Å². The summed E-state index contributed by atoms with van der Waals surface area (Å²) in [7, 11) is 0. The number of furan rings is 2. The molecule has 1 aliphatic rings. The molecule has 1 aliphatic heterocycles. The van der Waals surface area contributed by atoms with E-state index in [2.05, 4.69) is 108 Å². The number of hydrogen-bond acceptors (Lipinski definition) is 5. The van der Waals surface area contributed by atoms with Crippen molar-refractivity contribution in [3.8, 4) is 11.1 Å². The smallest absolute Gasteiger partial charge is 0.170 e. The van der Waals surface area contributed by atoms with Gasteiger partial charge in [-0.2, -0.15) is 0 Å². The summed E-state index contributed by atoms with van der Waals surface area (Å²) >= 11 is 0. The van der Waals surface area contributed by atoms with Gasteiger partial charge in [0.1, 0.15) is 34.0 Å². The largest absolute Gasteiger partial charge is 0.456 e. The lowest BCUT2D eigenvalue weighted by atomic mass is 9.99. The molecular formula is C43H27N3O2. The average Bonchev–Trinajstić information content (AvgIpc) is 3.73. The second-order valence-corrected chi connectivity index (χ2v) is 12.2. The van der Waals surface area contributed by atoms with Crippen LogP contribution in [-0.4, -0.2) is 11.7 Å². The van der Waals surface area contributed by atoms with E-state index in [-0.39, 0.29) is 0 Å². The first-order valence-electron chi connectivity index (χ1n) is 16.1. The SMILES string of the molecule is c1ccc(C2=NC(c3cccc4oc5cc(-c6cccc7c6oc6ccccc67)ccc5c34)N=C(c3ccc4ccccc4c3)N2)cc1. The van der Waals surface area contributed by atoms with Gasteiger partial charge in [-0.3, -0.25) is 0 Å². The lowest BCUT2D eigenvalue weighted by Gasteiger charge is -2.23. The predicted octanol–water partition coefficient (Wildman–Crippen LogP) is 10.8. The van der Waals surface area contributed by atoms with Crippen molar-refractivity contribution in [3.63, 3.8) is 0 Å². The third-order valence-electron chi connectivity index (χ3n) is 9.33. The van der Waals surface area contributed by atoms with Crippen LogP contribution in [0.2, 0.25) is 0 Å². The van der Waals surface area contributed by atoms with E-state index >= 15 is 0 Å². The van der Waals surface area contributed by atoms with Gasteiger partial charge in [-0.25, -0.2) is 9.98 Å². The van der Waals surface area contributed by atoms with Crippen LogP contribution in [0, 0.1) is 0 Å². The zero-order valence-corrected chi connectivity index (χ0v) is 25.7. The lowest BCUT2D eigenvalue weighted by Crippen LogP contribution is -2.36. The first-order valence-corrected chi connectivity index (χ1v) is 16.1. The highest BCUT2D eigenvalue weighted by Gasteiger charge is 2.24. The number of aliphatic imine (C=N–C) groups is 2. The summed E-state index contributed by atoms with van der Waals surface area (Å²) in [6.45, 7) is 0. The van der Waals surface area contributed by atoms with Gasteiger partial charge >= 0.3 is 0 Å². The fourth-order valence-electron chi connectivity index (χ4n) is 7.03. The molecule has 0 amide bonds. The topological polar surface area (TPSA) is 63.0 Å². The van der Waals surface area contributed by atoms with Crippen molar-refractivity contribution >= 4 is 66.3 Å². The number of fused-ring (bicyclic) bond motifs is 7. The molecule has 5 heteroatoms. The van der Waals surface area contributed by atoms with E-state index in [9.17, 15) is 0 Å². The van der Waals surface area contributed by atoms with Gasteiger partial charge < -0.3 is 14.2 Å². The molecule has 0 radical (unpaired) electrons. The molecular weight excluding hydrogens is 590 g/mol. The van der Waals surface area contributed by atoms with Crippen molar-refractivity contribution in [2.75, 3.05) is 0 Å². The van der Waals surface area contributed by atoms with E-state index in [4.69, 9.17) is 18.8 Å². The van der Waals surface area contributed by atoms with Crippen LogP contribution in [0.5, 0.6) is 0 Å². The van der Waals surface area contributed by atoms with Gasteiger partial charge in [-0.1, -0.05) is 121 Å². The quantitative estimate of drug-likeness (QED) is 0.214. The minimum Gasteiger partial charge on any atom is -0.456 e. The first-order chi connectivity index (χ1) is 23.8. The highest BCUT2D eigenvalue weighted by Crippen LogP contribution is 2.41. The number of rotatable bonds is 4. The fourth-order valence-corrected chi connectivity index (χ4v) is 7.03. The Balaban J connectivity index is 1.13. The minimum absolute atomic E-state index is 0.476. The van der Waals surface area contributed by atoms with Crippen LogP contribution in [0.3, 0.4) is 0 Å². The first kappa shape index (κ1) is 26.7. The molecule has 0 saturated carbocycles. The highest BCUT2D eigenvalue weighted by atomic mass is 16.3. The molecule has 0 spiro atoms. The Morgan fingerprint density at radius 3 is 2.10 bits per heavy atom. The molecule has 1 atom stereocenters. The van der Waals surface area contributed by atoms with Crippen LogP contribution in [-0.2, 0) is 0 Å². The zero-order chi connectivity index (χ0) is 31.6. The minimum atomic E-state index is -0.476. The molecule has 0 bridgehead atoms. The summed E-state index contributed by atoms with van der Waals surface area (Å²) in [6.07, 6.45) is -0.476. The lowest BCUT2D eigenvalue weighted by molar-refractivity contribution is 0.667. The second kappa shape index (κ2) is 10.5. The summed E-state index contributed by atoms with van der Waals surface area (Å²) in [4.78, 5) is 10.4. The average molecular weight is 618 g/mol. The zero-order valence-electron chi connectivity index (χ0n) is 25.7. The molecule has 2 aromatic heterocycles. The Morgan fingerprint density at radius 2 is 1.19 bits per heavy atom. The molecule has 1 unspecified atom stereocenters. The van der Waals surface area contributed by atoms with Gasteiger partial charge in [0.2, 0.25) is 0 Å². The molecule has 10 rings (SSSR count). The molecule has 0 fully saturated rings. The van der Waals surface area contributed by atoms with Crippen LogP contribution in [0.25, 0.3) is 65.8 Å². The third kappa shape index (κ3) is 4.25. The Bertz CT molecular complexity index is 2770. The van der Waals surface area contributed by atoms with Crippen molar-refractivity contribution in [1.82, 2.24) is 5.32 Å². The molecule has 48 heavy (non-hydrogen) atoms. The van der Waals surface area contributed by atoms with E-state index in [1.807, 2.05) is 48.5 Å². The number of benzene rings is 7. The number of hydrogen-bond donors (Lipinski definition) is 1. The van der Waals surface area contributed by atoms with E-state index in [0.29, 0.717) is 0 Å². The summed E-state index contributed by atoms with van der Waals surface area (Å²) in [5.74, 6) is 1.57. The summed E-state index contributed by atoms with van der Waals surface area (Å²) in [5.41, 5.74) is 8.45. The predicted molar refractivity (Wildman–Crippen MR) is 196 cm³/mol. The molecule has 0 aliphatic carbocycles. The highest BCUT2D eigenvalue weighted by molar-refractivity contribution is 6.17. The normalized spacial score (nSPS) is 14.9. The summed E-state index contributed by atoms with van der Waals surface area (Å²) in [6, 6.07) is 52.1. The van der Waals surface area contributed by atoms with Crippen LogP contribution in [0.15, 0.2) is 170 Å². The van der Waals surface area contributed by atoms with Crippen LogP contribution in [0.1, 0.15) is 22.9 Å². The Kier molecular flexibility index (Phi) is 5.87. The molecule has 1 N–H and O–H groups in total. The number of nitrogens with zero attached hydrogens (tertiary/aromatic N) is 2. The van der Waals surface area contributed by atoms with E-state index in [1.54, 1.807) is 0 Å². The molecule has 0 saturated heterocycles. The van der Waals surface area contributed by atoms with Gasteiger partial charge in [0, 0.05) is 43.8 Å². The van der Waals surface area contributed by atoms with Crippen molar-refractivity contribution in [2.24, 2.45) is 9.98 Å². The van der Waals surface area contributed by atoms with Crippen LogP contribution in [0.4, 0.5) is 0 Å². The molecule has 7 aromatic carbocycles. The number of nitrogens with one attached hydrogen (secondary N) is 1. The van der Waals surface area contributed by atoms with Gasteiger partial charge in [0.25, 0.3) is 0 Å². The third-order valence-corrected chi connectivity index (χ3v) is 9.33. The maximum atomic E-state index is 6.55. The standard InChI is InChI=1S/C43H27N3O2/c1-2-11-27(12-3-1)41-44-42(30-21-20-26-10-4-5-13-28(26)24-30)46-43(45-41)35-17-9-19-37-39(35)34-23-22-29(25-38(34)47-37)31-15-8-16-33-32-14-6-7-18-36(32)48-40(31)33/h1-25,43H,(H,44,45,46). The van der Waals surface area contributed by atoms with E-state index in [1.165, 1.54) is 5.39 Å². The van der Waals surface area contributed by atoms with Crippen molar-refractivity contribution in [2.45, 2.75) is 6.17 Å².